The third-order valence-electron chi connectivity index (χ3n) is 5.98. The smallest absolute Gasteiger partial charge is 0.251 e. The minimum absolute atomic E-state index is 0.151. The van der Waals surface area contributed by atoms with Crippen LogP contribution in [0.25, 0.3) is 0 Å². The van der Waals surface area contributed by atoms with E-state index in [9.17, 15) is 9.18 Å². The first-order valence-electron chi connectivity index (χ1n) is 10.2. The molecule has 1 atom stereocenters. The molecule has 2 aromatic rings. The molecular weight excluding hydrogens is 353 g/mol. The first-order chi connectivity index (χ1) is 13.6. The van der Waals surface area contributed by atoms with Gasteiger partial charge in [-0.05, 0) is 80.2 Å². The summed E-state index contributed by atoms with van der Waals surface area (Å²) in [6, 6.07) is 12.7. The third kappa shape index (κ3) is 4.04. The van der Waals surface area contributed by atoms with E-state index in [1.165, 1.54) is 60.3 Å². The number of carbonyl (C=O) groups is 1. The second-order valence-electron chi connectivity index (χ2n) is 7.89. The van der Waals surface area contributed by atoms with Crippen molar-refractivity contribution in [3.8, 4) is 0 Å². The molecular formula is C23H28FN3O. The van der Waals surface area contributed by atoms with E-state index < -0.39 is 0 Å². The van der Waals surface area contributed by atoms with Crippen molar-refractivity contribution in [2.45, 2.75) is 31.7 Å². The SMILES string of the molecule is CN1CCCc2cc(C(CNC(=O)c3ccc(F)cc3)N3CCCC3)ccc21. The molecule has 1 saturated heterocycles. The predicted molar refractivity (Wildman–Crippen MR) is 110 cm³/mol. The third-order valence-corrected chi connectivity index (χ3v) is 5.98. The molecule has 2 aliphatic heterocycles. The summed E-state index contributed by atoms with van der Waals surface area (Å²) in [6.45, 7) is 3.79. The van der Waals surface area contributed by atoms with Gasteiger partial charge in [-0.2, -0.15) is 0 Å². The Morgan fingerprint density at radius 1 is 1.07 bits per heavy atom. The summed E-state index contributed by atoms with van der Waals surface area (Å²) in [5, 5.41) is 3.07. The maximum absolute atomic E-state index is 13.1. The molecule has 1 N–H and O–H groups in total. The number of fused-ring (bicyclic) bond motifs is 1. The van der Waals surface area contributed by atoms with Crippen molar-refractivity contribution < 1.29 is 9.18 Å². The van der Waals surface area contributed by atoms with Crippen LogP contribution < -0.4 is 10.2 Å². The standard InChI is InChI=1S/C23H28FN3O/c1-26-12-4-5-18-15-19(8-11-21(18)26)22(27-13-2-3-14-27)16-25-23(28)17-6-9-20(24)10-7-17/h6-11,15,22H,2-5,12-14,16H2,1H3,(H,25,28). The van der Waals surface area contributed by atoms with E-state index in [0.29, 0.717) is 12.1 Å². The normalized spacial score (nSPS) is 18.0. The Morgan fingerprint density at radius 2 is 1.82 bits per heavy atom. The van der Waals surface area contributed by atoms with Crippen LogP contribution in [0.3, 0.4) is 0 Å². The van der Waals surface area contributed by atoms with Crippen LogP contribution in [-0.2, 0) is 6.42 Å². The Bertz CT molecular complexity index is 830. The van der Waals surface area contributed by atoms with Crippen molar-refractivity contribution in [1.29, 1.82) is 0 Å². The number of nitrogens with zero attached hydrogens (tertiary/aromatic N) is 2. The fourth-order valence-electron chi connectivity index (χ4n) is 4.42. The summed E-state index contributed by atoms with van der Waals surface area (Å²) >= 11 is 0. The van der Waals surface area contributed by atoms with Gasteiger partial charge >= 0.3 is 0 Å². The summed E-state index contributed by atoms with van der Waals surface area (Å²) in [7, 11) is 2.15. The zero-order chi connectivity index (χ0) is 19.5. The lowest BCUT2D eigenvalue weighted by Gasteiger charge is -2.32. The maximum atomic E-state index is 13.1. The summed E-state index contributed by atoms with van der Waals surface area (Å²) in [5.41, 5.74) is 4.50. The predicted octanol–water partition coefficient (Wildman–Crippen LogP) is 3.78. The van der Waals surface area contributed by atoms with Crippen LogP contribution in [0, 0.1) is 5.82 Å². The number of amides is 1. The fourth-order valence-corrected chi connectivity index (χ4v) is 4.42. The maximum Gasteiger partial charge on any atom is 0.251 e. The topological polar surface area (TPSA) is 35.6 Å². The Balaban J connectivity index is 1.52. The molecule has 1 amide bonds. The van der Waals surface area contributed by atoms with Crippen molar-refractivity contribution >= 4 is 11.6 Å². The number of anilines is 1. The number of rotatable bonds is 5. The number of halogens is 1. The minimum Gasteiger partial charge on any atom is -0.374 e. The number of aryl methyl sites for hydroxylation is 1. The van der Waals surface area contributed by atoms with Gasteiger partial charge in [-0.1, -0.05) is 12.1 Å². The number of benzene rings is 2. The Morgan fingerprint density at radius 3 is 2.57 bits per heavy atom. The second-order valence-corrected chi connectivity index (χ2v) is 7.89. The number of carbonyl (C=O) groups excluding carboxylic acids is 1. The molecule has 4 rings (SSSR count). The lowest BCUT2D eigenvalue weighted by atomic mass is 9.96. The highest BCUT2D eigenvalue weighted by Gasteiger charge is 2.25. The van der Waals surface area contributed by atoms with E-state index in [1.54, 1.807) is 0 Å². The van der Waals surface area contributed by atoms with E-state index in [4.69, 9.17) is 0 Å². The molecule has 0 aromatic heterocycles. The lowest BCUT2D eigenvalue weighted by molar-refractivity contribution is 0.0938. The Hall–Kier alpha value is -2.40. The van der Waals surface area contributed by atoms with Crippen molar-refractivity contribution in [2.75, 3.05) is 38.1 Å². The largest absolute Gasteiger partial charge is 0.374 e. The van der Waals surface area contributed by atoms with Crippen LogP contribution >= 0.6 is 0 Å². The first kappa shape index (κ1) is 18.9. The molecule has 5 heteroatoms. The van der Waals surface area contributed by atoms with Gasteiger partial charge < -0.3 is 10.2 Å². The van der Waals surface area contributed by atoms with Crippen LogP contribution in [0.5, 0.6) is 0 Å². The van der Waals surface area contributed by atoms with E-state index in [1.807, 2.05) is 0 Å². The van der Waals surface area contributed by atoms with Gasteiger partial charge in [0.25, 0.3) is 5.91 Å². The van der Waals surface area contributed by atoms with Gasteiger partial charge in [0.2, 0.25) is 0 Å². The first-order valence-corrected chi connectivity index (χ1v) is 10.2. The summed E-state index contributed by atoms with van der Waals surface area (Å²) < 4.78 is 13.1. The second kappa shape index (κ2) is 8.31. The number of likely N-dealkylation sites (tertiary alicyclic amines) is 1. The van der Waals surface area contributed by atoms with E-state index in [-0.39, 0.29) is 17.8 Å². The van der Waals surface area contributed by atoms with Crippen LogP contribution in [0.1, 0.15) is 46.8 Å². The highest BCUT2D eigenvalue weighted by Crippen LogP contribution is 2.31. The molecule has 28 heavy (non-hydrogen) atoms. The van der Waals surface area contributed by atoms with Gasteiger partial charge in [-0.15, -0.1) is 0 Å². The van der Waals surface area contributed by atoms with Crippen molar-refractivity contribution in [3.63, 3.8) is 0 Å². The summed E-state index contributed by atoms with van der Waals surface area (Å²) in [4.78, 5) is 17.3. The molecule has 0 spiro atoms. The summed E-state index contributed by atoms with van der Waals surface area (Å²) in [6.07, 6.45) is 4.71. The van der Waals surface area contributed by atoms with Gasteiger partial charge in [0.15, 0.2) is 0 Å². The monoisotopic (exact) mass is 381 g/mol. The molecule has 0 bridgehead atoms. The fraction of sp³-hybridized carbons (Fsp3) is 0.435. The molecule has 1 fully saturated rings. The van der Waals surface area contributed by atoms with Crippen LogP contribution in [0.2, 0.25) is 0 Å². The lowest BCUT2D eigenvalue weighted by Crippen LogP contribution is -2.37. The highest BCUT2D eigenvalue weighted by molar-refractivity contribution is 5.94. The van der Waals surface area contributed by atoms with Crippen LogP contribution in [0.15, 0.2) is 42.5 Å². The Kier molecular flexibility index (Phi) is 5.62. The minimum atomic E-state index is -0.328. The molecule has 1 unspecified atom stereocenters. The average molecular weight is 381 g/mol. The van der Waals surface area contributed by atoms with Gasteiger partial charge in [0.05, 0.1) is 6.04 Å². The molecule has 2 heterocycles. The average Bonchev–Trinajstić information content (AvgIpc) is 3.23. The number of hydrogen-bond donors (Lipinski definition) is 1. The van der Waals surface area contributed by atoms with E-state index in [0.717, 1.165) is 26.1 Å². The molecule has 2 aromatic carbocycles. The van der Waals surface area contributed by atoms with Crippen LogP contribution in [0.4, 0.5) is 10.1 Å². The molecule has 0 aliphatic carbocycles. The molecule has 2 aliphatic rings. The zero-order valence-corrected chi connectivity index (χ0v) is 16.5. The van der Waals surface area contributed by atoms with Gasteiger partial charge in [0, 0.05) is 31.4 Å². The van der Waals surface area contributed by atoms with Crippen molar-refractivity contribution in [3.05, 3.63) is 65.0 Å². The van der Waals surface area contributed by atoms with Gasteiger partial charge in [0.1, 0.15) is 5.82 Å². The zero-order valence-electron chi connectivity index (χ0n) is 16.5. The van der Waals surface area contributed by atoms with E-state index >= 15 is 0 Å². The van der Waals surface area contributed by atoms with Crippen molar-refractivity contribution in [2.24, 2.45) is 0 Å². The molecule has 148 valence electrons. The quantitative estimate of drug-likeness (QED) is 0.856. The van der Waals surface area contributed by atoms with Crippen molar-refractivity contribution in [1.82, 2.24) is 10.2 Å². The van der Waals surface area contributed by atoms with Gasteiger partial charge in [-0.25, -0.2) is 4.39 Å². The summed E-state index contributed by atoms with van der Waals surface area (Å²) in [5.74, 6) is -0.479. The van der Waals surface area contributed by atoms with E-state index in [2.05, 4.69) is 40.4 Å². The Labute approximate surface area is 166 Å². The van der Waals surface area contributed by atoms with Crippen LogP contribution in [-0.4, -0.2) is 44.0 Å². The number of nitrogens with one attached hydrogen (secondary N) is 1. The highest BCUT2D eigenvalue weighted by atomic mass is 19.1. The molecule has 0 radical (unpaired) electrons. The molecule has 4 nitrogen and oxygen atoms in total. The van der Waals surface area contributed by atoms with Gasteiger partial charge in [-0.3, -0.25) is 9.69 Å². The molecule has 0 saturated carbocycles. The number of hydrogen-bond acceptors (Lipinski definition) is 3.